The zero-order valence-corrected chi connectivity index (χ0v) is 15.1. The highest BCUT2D eigenvalue weighted by atomic mass is 35.5. The van der Waals surface area contributed by atoms with E-state index in [-0.39, 0.29) is 18.5 Å². The molecule has 1 saturated heterocycles. The van der Waals surface area contributed by atoms with E-state index in [1.54, 1.807) is 24.2 Å². The van der Waals surface area contributed by atoms with E-state index in [9.17, 15) is 9.59 Å². The molecule has 26 heavy (non-hydrogen) atoms. The van der Waals surface area contributed by atoms with Crippen molar-refractivity contribution in [1.29, 1.82) is 0 Å². The first kappa shape index (κ1) is 18.0. The average molecular weight is 374 g/mol. The Hall–Kier alpha value is -2.80. The van der Waals surface area contributed by atoms with Gasteiger partial charge in [0.15, 0.2) is 0 Å². The van der Waals surface area contributed by atoms with Crippen molar-refractivity contribution < 1.29 is 9.59 Å². The van der Waals surface area contributed by atoms with Crippen molar-refractivity contribution in [1.82, 2.24) is 14.8 Å². The van der Waals surface area contributed by atoms with Gasteiger partial charge in [0.25, 0.3) is 0 Å². The molecule has 1 aromatic carbocycles. The van der Waals surface area contributed by atoms with Gasteiger partial charge in [0.05, 0.1) is 6.04 Å². The predicted octanol–water partition coefficient (Wildman–Crippen LogP) is 1.25. The number of rotatable bonds is 6. The van der Waals surface area contributed by atoms with Crippen LogP contribution in [0, 0.1) is 0 Å². The van der Waals surface area contributed by atoms with Crippen molar-refractivity contribution in [2.75, 3.05) is 20.1 Å². The number of carbonyl (C=O) groups is 2. The molecule has 0 radical (unpaired) electrons. The fourth-order valence-electron chi connectivity index (χ4n) is 3.09. The Morgan fingerprint density at radius 2 is 2.23 bits per heavy atom. The summed E-state index contributed by atoms with van der Waals surface area (Å²) in [5.41, 5.74) is 8.23. The molecule has 8 heteroatoms. The van der Waals surface area contributed by atoms with Gasteiger partial charge >= 0.3 is 0 Å². The monoisotopic (exact) mass is 373 g/mol. The van der Waals surface area contributed by atoms with E-state index in [2.05, 4.69) is 10.3 Å². The standard InChI is InChI=1S/C18H20ClN5O2/c1-21-6-12(5-20)16-9-24(17-3-2-13(19)4-15(16)17)10-18(26)22-14-7-23(8-14)11-25/h2-6,9,11,14H,7-8,10,20H2,1H3,(H,22,26)/b12-5+,21-6?. The molecule has 2 heterocycles. The lowest BCUT2D eigenvalue weighted by molar-refractivity contribution is -0.128. The molecule has 2 amide bonds. The predicted molar refractivity (Wildman–Crippen MR) is 103 cm³/mol. The Labute approximate surface area is 156 Å². The van der Waals surface area contributed by atoms with Crippen LogP contribution in [0.15, 0.2) is 35.6 Å². The Kier molecular flexibility index (Phi) is 5.27. The summed E-state index contributed by atoms with van der Waals surface area (Å²) in [6, 6.07) is 5.52. The molecule has 1 fully saturated rings. The lowest BCUT2D eigenvalue weighted by Gasteiger charge is -2.36. The van der Waals surface area contributed by atoms with Crippen molar-refractivity contribution in [3.05, 3.63) is 41.2 Å². The van der Waals surface area contributed by atoms with Crippen LogP contribution in [-0.4, -0.2) is 54.2 Å². The van der Waals surface area contributed by atoms with Crippen LogP contribution in [0.25, 0.3) is 16.5 Å². The van der Waals surface area contributed by atoms with Crippen molar-refractivity contribution in [2.24, 2.45) is 10.7 Å². The topological polar surface area (TPSA) is 92.7 Å². The van der Waals surface area contributed by atoms with Crippen LogP contribution >= 0.6 is 11.6 Å². The molecule has 1 aliphatic rings. The average Bonchev–Trinajstić information content (AvgIpc) is 2.93. The van der Waals surface area contributed by atoms with Crippen molar-refractivity contribution in [3.63, 3.8) is 0 Å². The third-order valence-corrected chi connectivity index (χ3v) is 4.57. The normalized spacial score (nSPS) is 15.5. The van der Waals surface area contributed by atoms with Crippen molar-refractivity contribution in [3.8, 4) is 0 Å². The van der Waals surface area contributed by atoms with Crippen LogP contribution in [0.3, 0.4) is 0 Å². The highest BCUT2D eigenvalue weighted by Gasteiger charge is 2.26. The first-order valence-corrected chi connectivity index (χ1v) is 8.55. The molecule has 1 aliphatic heterocycles. The summed E-state index contributed by atoms with van der Waals surface area (Å²) in [4.78, 5) is 28.6. The molecule has 0 saturated carbocycles. The van der Waals surface area contributed by atoms with Gasteiger partial charge in [-0.2, -0.15) is 0 Å². The van der Waals surface area contributed by atoms with Gasteiger partial charge in [-0.25, -0.2) is 0 Å². The number of nitrogens with zero attached hydrogens (tertiary/aromatic N) is 3. The number of nitrogens with one attached hydrogen (secondary N) is 1. The largest absolute Gasteiger partial charge is 0.404 e. The number of amides is 2. The Bertz CT molecular complexity index is 896. The Morgan fingerprint density at radius 1 is 1.46 bits per heavy atom. The van der Waals surface area contributed by atoms with Crippen LogP contribution in [-0.2, 0) is 16.1 Å². The number of hydrogen-bond acceptors (Lipinski definition) is 4. The highest BCUT2D eigenvalue weighted by molar-refractivity contribution is 6.31. The maximum atomic E-state index is 12.4. The number of likely N-dealkylation sites (tertiary alicyclic amines) is 1. The van der Waals surface area contributed by atoms with Gasteiger partial charge in [0, 0.05) is 65.8 Å². The summed E-state index contributed by atoms with van der Waals surface area (Å²) in [6.45, 7) is 1.27. The van der Waals surface area contributed by atoms with Crippen molar-refractivity contribution >= 4 is 46.6 Å². The molecule has 0 aliphatic carbocycles. The molecule has 0 spiro atoms. The second-order valence-electron chi connectivity index (χ2n) is 6.17. The maximum absolute atomic E-state index is 12.4. The van der Waals surface area contributed by atoms with Crippen molar-refractivity contribution in [2.45, 2.75) is 12.6 Å². The van der Waals surface area contributed by atoms with E-state index >= 15 is 0 Å². The molecule has 1 aromatic heterocycles. The Morgan fingerprint density at radius 3 is 2.88 bits per heavy atom. The van der Waals surface area contributed by atoms with E-state index in [4.69, 9.17) is 17.3 Å². The minimum absolute atomic E-state index is 0.00941. The van der Waals surface area contributed by atoms with Crippen LogP contribution in [0.4, 0.5) is 0 Å². The molecule has 0 unspecified atom stereocenters. The van der Waals surface area contributed by atoms with Gasteiger partial charge in [-0.3, -0.25) is 14.6 Å². The quantitative estimate of drug-likeness (QED) is 0.589. The summed E-state index contributed by atoms with van der Waals surface area (Å²) in [5, 5.41) is 4.44. The number of aliphatic imine (C=N–C) groups is 1. The van der Waals surface area contributed by atoms with Gasteiger partial charge in [0.2, 0.25) is 12.3 Å². The second-order valence-corrected chi connectivity index (χ2v) is 6.60. The number of benzene rings is 1. The van der Waals surface area contributed by atoms with Crippen LogP contribution in [0.5, 0.6) is 0 Å². The first-order chi connectivity index (χ1) is 12.5. The molecule has 0 bridgehead atoms. The van der Waals surface area contributed by atoms with E-state index in [1.165, 1.54) is 6.20 Å². The maximum Gasteiger partial charge on any atom is 0.240 e. The van der Waals surface area contributed by atoms with Gasteiger partial charge in [-0.1, -0.05) is 11.6 Å². The molecular formula is C18H20ClN5O2. The lowest BCUT2D eigenvalue weighted by atomic mass is 10.1. The van der Waals surface area contributed by atoms with E-state index in [0.717, 1.165) is 28.4 Å². The number of fused-ring (bicyclic) bond motifs is 1. The lowest BCUT2D eigenvalue weighted by Crippen LogP contribution is -2.58. The summed E-state index contributed by atoms with van der Waals surface area (Å²) in [7, 11) is 1.67. The highest BCUT2D eigenvalue weighted by Crippen LogP contribution is 2.29. The fraction of sp³-hybridized carbons (Fsp3) is 0.278. The van der Waals surface area contributed by atoms with Gasteiger partial charge in [-0.15, -0.1) is 0 Å². The molecule has 136 valence electrons. The molecule has 2 aromatic rings. The Balaban J connectivity index is 1.86. The summed E-state index contributed by atoms with van der Waals surface area (Å²) in [6.07, 6.45) is 5.81. The number of carbonyl (C=O) groups excluding carboxylic acids is 2. The van der Waals surface area contributed by atoms with Crippen LogP contribution in [0.1, 0.15) is 5.56 Å². The zero-order valence-electron chi connectivity index (χ0n) is 14.4. The first-order valence-electron chi connectivity index (χ1n) is 8.17. The number of hydrogen-bond donors (Lipinski definition) is 2. The van der Waals surface area contributed by atoms with E-state index < -0.39 is 0 Å². The third-order valence-electron chi connectivity index (χ3n) is 4.34. The number of allylic oxidation sites excluding steroid dienone is 1. The van der Waals surface area contributed by atoms with Gasteiger partial charge in [-0.05, 0) is 18.2 Å². The number of halogens is 1. The van der Waals surface area contributed by atoms with Crippen LogP contribution in [0.2, 0.25) is 5.02 Å². The minimum atomic E-state index is -0.110. The van der Waals surface area contributed by atoms with E-state index in [0.29, 0.717) is 18.1 Å². The minimum Gasteiger partial charge on any atom is -0.404 e. The molecular weight excluding hydrogens is 354 g/mol. The summed E-state index contributed by atoms with van der Waals surface area (Å²) < 4.78 is 1.86. The summed E-state index contributed by atoms with van der Waals surface area (Å²) in [5.74, 6) is -0.110. The second kappa shape index (κ2) is 7.61. The van der Waals surface area contributed by atoms with E-state index in [1.807, 2.05) is 22.9 Å². The zero-order chi connectivity index (χ0) is 18.7. The molecule has 3 rings (SSSR count). The SMILES string of the molecule is CN=C/C(=C\N)c1cn(CC(=O)NC2CN(C=O)C2)c2ccc(Cl)cc12. The fourth-order valence-corrected chi connectivity index (χ4v) is 3.26. The molecule has 0 atom stereocenters. The number of nitrogens with two attached hydrogens (primary N) is 1. The summed E-state index contributed by atoms with van der Waals surface area (Å²) >= 11 is 6.15. The van der Waals surface area contributed by atoms with Crippen LogP contribution < -0.4 is 11.1 Å². The smallest absolute Gasteiger partial charge is 0.240 e. The molecule has 7 nitrogen and oxygen atoms in total. The van der Waals surface area contributed by atoms with Gasteiger partial charge < -0.3 is 20.5 Å². The molecule has 3 N–H and O–H groups in total. The number of aromatic nitrogens is 1. The van der Waals surface area contributed by atoms with Gasteiger partial charge in [0.1, 0.15) is 6.54 Å². The third kappa shape index (κ3) is 3.57.